The largest absolute Gasteiger partial charge is 0.404 e. The van der Waals surface area contributed by atoms with Crippen molar-refractivity contribution in [2.45, 2.75) is 50.9 Å². The third-order valence-electron chi connectivity index (χ3n) is 6.88. The third kappa shape index (κ3) is 4.09. The fraction of sp³-hybridized carbons (Fsp3) is 0.385. The number of aryl methyl sites for hydroxylation is 1. The first-order valence-corrected chi connectivity index (χ1v) is 11.6. The highest BCUT2D eigenvalue weighted by Crippen LogP contribution is 2.45. The van der Waals surface area contributed by atoms with Gasteiger partial charge in [0.15, 0.2) is 0 Å². The minimum Gasteiger partial charge on any atom is -0.404 e. The predicted molar refractivity (Wildman–Crippen MR) is 125 cm³/mol. The van der Waals surface area contributed by atoms with Gasteiger partial charge in [-0.25, -0.2) is 0 Å². The molecule has 7 nitrogen and oxygen atoms in total. The summed E-state index contributed by atoms with van der Waals surface area (Å²) in [5.74, 6) is 1.18. The van der Waals surface area contributed by atoms with Crippen LogP contribution in [-0.2, 0) is 6.42 Å². The molecule has 168 valence electrons. The van der Waals surface area contributed by atoms with Crippen LogP contribution in [0.25, 0.3) is 11.5 Å². The number of nitrogen functional groups attached to an aromatic ring is 1. The van der Waals surface area contributed by atoms with Crippen LogP contribution in [0.3, 0.4) is 0 Å². The van der Waals surface area contributed by atoms with Gasteiger partial charge in [0.2, 0.25) is 5.89 Å². The second-order valence-electron chi connectivity index (χ2n) is 8.94. The van der Waals surface area contributed by atoms with E-state index < -0.39 is 0 Å². The molecule has 0 bridgehead atoms. The van der Waals surface area contributed by atoms with E-state index in [0.29, 0.717) is 36.4 Å². The molecule has 1 saturated heterocycles. The number of amides is 1. The number of hydrogen-bond donors (Lipinski definition) is 1. The van der Waals surface area contributed by atoms with Crippen molar-refractivity contribution in [3.63, 3.8) is 0 Å². The Kier molecular flexibility index (Phi) is 5.59. The molecule has 2 aromatic carbocycles. The summed E-state index contributed by atoms with van der Waals surface area (Å²) in [6.45, 7) is 3.41. The van der Waals surface area contributed by atoms with Gasteiger partial charge in [-0.1, -0.05) is 36.3 Å². The van der Waals surface area contributed by atoms with Gasteiger partial charge in [-0.2, -0.15) is 5.26 Å². The van der Waals surface area contributed by atoms with E-state index in [0.717, 1.165) is 54.4 Å². The van der Waals surface area contributed by atoms with Gasteiger partial charge in [-0.3, -0.25) is 4.79 Å². The fourth-order valence-electron chi connectivity index (χ4n) is 4.93. The van der Waals surface area contributed by atoms with Gasteiger partial charge < -0.3 is 15.1 Å². The van der Waals surface area contributed by atoms with Crippen molar-refractivity contribution in [2.24, 2.45) is 0 Å². The lowest BCUT2D eigenvalue weighted by Gasteiger charge is -2.33. The highest BCUT2D eigenvalue weighted by Gasteiger charge is 2.32. The van der Waals surface area contributed by atoms with E-state index in [4.69, 9.17) is 10.2 Å². The molecule has 0 radical (unpaired) electrons. The summed E-state index contributed by atoms with van der Waals surface area (Å²) in [5, 5.41) is 17.4. The molecule has 3 aromatic rings. The molecule has 1 aromatic heterocycles. The normalized spacial score (nSPS) is 16.5. The summed E-state index contributed by atoms with van der Waals surface area (Å²) in [5.41, 5.74) is 11.2. The van der Waals surface area contributed by atoms with Crippen LogP contribution >= 0.6 is 0 Å². The predicted octanol–water partition coefficient (Wildman–Crippen LogP) is 4.65. The van der Waals surface area contributed by atoms with Gasteiger partial charge in [0, 0.05) is 24.2 Å². The van der Waals surface area contributed by atoms with Crippen molar-refractivity contribution >= 4 is 11.9 Å². The second-order valence-corrected chi connectivity index (χ2v) is 8.94. The number of likely N-dealkylation sites (tertiary alicyclic amines) is 1. The number of hydrogen-bond acceptors (Lipinski definition) is 6. The van der Waals surface area contributed by atoms with Gasteiger partial charge in [0.25, 0.3) is 5.91 Å². The van der Waals surface area contributed by atoms with Gasteiger partial charge in [0.05, 0.1) is 11.6 Å². The third-order valence-corrected chi connectivity index (χ3v) is 6.88. The van der Waals surface area contributed by atoms with E-state index in [1.165, 1.54) is 5.56 Å². The van der Waals surface area contributed by atoms with Crippen molar-refractivity contribution in [1.29, 1.82) is 5.26 Å². The van der Waals surface area contributed by atoms with E-state index in [9.17, 15) is 10.1 Å². The average Bonchev–Trinajstić information content (AvgIpc) is 3.62. The van der Waals surface area contributed by atoms with Crippen LogP contribution in [0.1, 0.15) is 77.1 Å². The Labute approximate surface area is 193 Å². The van der Waals surface area contributed by atoms with Gasteiger partial charge in [-0.15, -0.1) is 5.10 Å². The summed E-state index contributed by atoms with van der Waals surface area (Å²) < 4.78 is 5.53. The van der Waals surface area contributed by atoms with Crippen molar-refractivity contribution in [2.75, 3.05) is 18.8 Å². The molecule has 0 unspecified atom stereocenters. The van der Waals surface area contributed by atoms with Crippen molar-refractivity contribution in [1.82, 2.24) is 15.1 Å². The summed E-state index contributed by atoms with van der Waals surface area (Å²) in [6, 6.07) is 14.2. The van der Waals surface area contributed by atoms with Crippen molar-refractivity contribution < 1.29 is 9.21 Å². The molecule has 33 heavy (non-hydrogen) atoms. The van der Waals surface area contributed by atoms with E-state index in [1.807, 2.05) is 35.2 Å². The maximum atomic E-state index is 13.6. The maximum absolute atomic E-state index is 13.6. The number of carbonyl (C=O) groups excluding carboxylic acids is 1. The SMILES string of the molecule is CCc1cc(C2CC2)c(-c2nnc(N)o2)cc1C(=O)N1CCC(c2ccccc2C#N)CC1. The maximum Gasteiger partial charge on any atom is 0.313 e. The minimum absolute atomic E-state index is 0.0268. The average molecular weight is 442 g/mol. The monoisotopic (exact) mass is 441 g/mol. The highest BCUT2D eigenvalue weighted by atomic mass is 16.4. The Bertz CT molecular complexity index is 1230. The molecule has 2 heterocycles. The number of anilines is 1. The topological polar surface area (TPSA) is 109 Å². The van der Waals surface area contributed by atoms with Crippen LogP contribution in [0, 0.1) is 11.3 Å². The van der Waals surface area contributed by atoms with Crippen LogP contribution in [0.5, 0.6) is 0 Å². The molecule has 7 heteroatoms. The summed E-state index contributed by atoms with van der Waals surface area (Å²) in [4.78, 5) is 15.5. The molecule has 1 aliphatic heterocycles. The van der Waals surface area contributed by atoms with E-state index in [1.54, 1.807) is 0 Å². The lowest BCUT2D eigenvalue weighted by molar-refractivity contribution is 0.0712. The van der Waals surface area contributed by atoms with Crippen LogP contribution in [0.4, 0.5) is 6.01 Å². The Morgan fingerprint density at radius 2 is 1.85 bits per heavy atom. The van der Waals surface area contributed by atoms with E-state index in [-0.39, 0.29) is 11.9 Å². The number of nitriles is 1. The number of nitrogens with zero attached hydrogens (tertiary/aromatic N) is 4. The first kappa shape index (κ1) is 21.2. The molecule has 2 fully saturated rings. The minimum atomic E-state index is 0.0268. The Balaban J connectivity index is 1.41. The first-order valence-electron chi connectivity index (χ1n) is 11.6. The summed E-state index contributed by atoms with van der Waals surface area (Å²) in [7, 11) is 0. The summed E-state index contributed by atoms with van der Waals surface area (Å²) >= 11 is 0. The van der Waals surface area contributed by atoms with Gasteiger partial charge in [0.1, 0.15) is 0 Å². The molecule has 5 rings (SSSR count). The number of piperidine rings is 1. The first-order chi connectivity index (χ1) is 16.1. The molecule has 1 saturated carbocycles. The Morgan fingerprint density at radius 3 is 2.48 bits per heavy atom. The molecule has 2 aliphatic rings. The molecule has 2 N–H and O–H groups in total. The molecule has 1 amide bonds. The van der Waals surface area contributed by atoms with E-state index >= 15 is 0 Å². The smallest absolute Gasteiger partial charge is 0.313 e. The number of rotatable bonds is 5. The van der Waals surface area contributed by atoms with Gasteiger partial charge in [-0.05, 0) is 72.8 Å². The molecular formula is C26H27N5O2. The molecule has 1 aliphatic carbocycles. The van der Waals surface area contributed by atoms with Crippen LogP contribution < -0.4 is 5.73 Å². The number of nitrogens with two attached hydrogens (primary N) is 1. The quantitative estimate of drug-likeness (QED) is 0.617. The molecule has 0 atom stereocenters. The van der Waals surface area contributed by atoms with Gasteiger partial charge >= 0.3 is 6.01 Å². The Hall–Kier alpha value is -3.66. The van der Waals surface area contributed by atoms with Crippen molar-refractivity contribution in [3.8, 4) is 17.5 Å². The zero-order chi connectivity index (χ0) is 22.9. The van der Waals surface area contributed by atoms with Crippen LogP contribution in [-0.4, -0.2) is 34.1 Å². The lowest BCUT2D eigenvalue weighted by Crippen LogP contribution is -2.38. The zero-order valence-electron chi connectivity index (χ0n) is 18.8. The lowest BCUT2D eigenvalue weighted by atomic mass is 9.86. The summed E-state index contributed by atoms with van der Waals surface area (Å²) in [6.07, 6.45) is 4.73. The standard InChI is InChI=1S/C26H27N5O2/c1-2-16-13-21(17-7-8-17)23(24-29-30-26(28)33-24)14-22(16)25(32)31-11-9-18(10-12-31)20-6-4-3-5-19(20)15-27/h3-6,13-14,17-18H,2,7-12H2,1H3,(H2,28,30). The zero-order valence-corrected chi connectivity index (χ0v) is 18.8. The fourth-order valence-corrected chi connectivity index (χ4v) is 4.93. The molecule has 0 spiro atoms. The van der Waals surface area contributed by atoms with Crippen molar-refractivity contribution in [3.05, 3.63) is 64.2 Å². The highest BCUT2D eigenvalue weighted by molar-refractivity contribution is 5.97. The second kappa shape index (κ2) is 8.70. The number of benzene rings is 2. The molecular weight excluding hydrogens is 414 g/mol. The van der Waals surface area contributed by atoms with Crippen LogP contribution in [0.15, 0.2) is 40.8 Å². The number of aromatic nitrogens is 2. The number of carbonyl (C=O) groups is 1. The van der Waals surface area contributed by atoms with E-state index in [2.05, 4.69) is 29.3 Å². The Morgan fingerprint density at radius 1 is 1.12 bits per heavy atom. The van der Waals surface area contributed by atoms with Crippen LogP contribution in [0.2, 0.25) is 0 Å².